The van der Waals surface area contributed by atoms with Gasteiger partial charge in [0.2, 0.25) is 0 Å². The lowest BCUT2D eigenvalue weighted by Crippen LogP contribution is -2.70. The first-order valence-electron chi connectivity index (χ1n) is 26.5. The minimum Gasteiger partial charge on any atom is -0.0750 e. The van der Waals surface area contributed by atoms with Crippen molar-refractivity contribution < 1.29 is 0 Å². The molecule has 0 atom stereocenters. The summed E-state index contributed by atoms with van der Waals surface area (Å²) in [6.45, 7) is 16.4. The van der Waals surface area contributed by atoms with Crippen molar-refractivity contribution in [3.05, 3.63) is 117 Å². The van der Waals surface area contributed by atoms with Crippen LogP contribution in [0.3, 0.4) is 0 Å². The van der Waals surface area contributed by atoms with Crippen molar-refractivity contribution in [1.82, 2.24) is 0 Å². The molecule has 337 valence electrons. The van der Waals surface area contributed by atoms with Crippen molar-refractivity contribution in [2.45, 2.75) is 241 Å². The third-order valence-electron chi connectivity index (χ3n) is 13.7. The Balaban J connectivity index is 2.09. The van der Waals surface area contributed by atoms with Crippen LogP contribution in [0.2, 0.25) is 0 Å². The Hall–Kier alpha value is -2.64. The molecule has 1 aliphatic rings. The van der Waals surface area contributed by atoms with Gasteiger partial charge in [-0.25, -0.2) is 0 Å². The van der Waals surface area contributed by atoms with E-state index >= 15 is 0 Å². The van der Waals surface area contributed by atoms with Crippen LogP contribution in [0.4, 0.5) is 0 Å². The molecule has 0 unspecified atom stereocenters. The van der Waals surface area contributed by atoms with Gasteiger partial charge in [-0.3, -0.25) is 0 Å². The van der Waals surface area contributed by atoms with Gasteiger partial charge in [0.25, 0.3) is 0 Å². The SMILES string of the molecule is CCCCCCc1cc(CCCCCC)cc([Si]([C]2C=CC(C)=C2)(c2cc(CCCCCC)cc(CCCCCC)c2)c2cc(CCCCCC)cc(CCCCCC)c2)c1. The normalized spacial score (nSPS) is 13.1. The topological polar surface area (TPSA) is 0 Å². The fourth-order valence-electron chi connectivity index (χ4n) is 10.1. The van der Waals surface area contributed by atoms with Gasteiger partial charge in [-0.05, 0) is 133 Å². The predicted molar refractivity (Wildman–Crippen MR) is 277 cm³/mol. The van der Waals surface area contributed by atoms with E-state index in [0.29, 0.717) is 0 Å². The lowest BCUT2D eigenvalue weighted by Gasteiger charge is -2.39. The van der Waals surface area contributed by atoms with Gasteiger partial charge in [-0.1, -0.05) is 236 Å². The smallest absolute Gasteiger partial charge is 0.0750 e. The van der Waals surface area contributed by atoms with E-state index in [0.717, 1.165) is 0 Å². The molecule has 0 heterocycles. The number of aryl methyl sites for hydroxylation is 6. The summed E-state index contributed by atoms with van der Waals surface area (Å²) in [5, 5.41) is 4.95. The molecule has 1 heteroatoms. The summed E-state index contributed by atoms with van der Waals surface area (Å²) in [5.74, 6) is 0. The van der Waals surface area contributed by atoms with E-state index in [2.05, 4.69) is 121 Å². The quantitative estimate of drug-likeness (QED) is 0.0319. The van der Waals surface area contributed by atoms with Gasteiger partial charge in [-0.2, -0.15) is 0 Å². The standard InChI is InChI=1S/C60H93Si/c1-8-14-20-26-32-51-41-52(33-27-21-15-9-2)45-58(44-51)61(57-39-38-50(7)40-57,59-46-53(34-28-22-16-10-3)42-54(47-59)35-29-23-17-11-4)60-48-55(36-30-24-18-12-5)43-56(49-60)37-31-25-19-13-6/h38-49H,8-37H2,1-7H3. The third kappa shape index (κ3) is 16.8. The van der Waals surface area contributed by atoms with Gasteiger partial charge in [-0.15, -0.1) is 0 Å². The maximum atomic E-state index is 2.76. The number of hydrogen-bond donors (Lipinski definition) is 0. The van der Waals surface area contributed by atoms with Gasteiger partial charge in [0.05, 0.1) is 0 Å². The summed E-state index contributed by atoms with van der Waals surface area (Å²) < 4.78 is 0. The third-order valence-corrected chi connectivity index (χ3v) is 18.4. The number of allylic oxidation sites excluding steroid dienone is 4. The van der Waals surface area contributed by atoms with E-state index in [1.165, 1.54) is 198 Å². The van der Waals surface area contributed by atoms with Crippen LogP contribution in [0.25, 0.3) is 0 Å². The minimum atomic E-state index is -2.79. The molecular formula is C60H93Si. The molecule has 0 bridgehead atoms. The van der Waals surface area contributed by atoms with Crippen molar-refractivity contribution >= 4 is 23.6 Å². The molecule has 0 N–H and O–H groups in total. The molecule has 3 aromatic rings. The summed E-state index contributed by atoms with van der Waals surface area (Å²) >= 11 is 0. The maximum Gasteiger partial charge on any atom is 0.162 e. The summed E-state index contributed by atoms with van der Waals surface area (Å²) in [4.78, 5) is 0. The maximum absolute atomic E-state index is 2.79. The Kier molecular flexibility index (Phi) is 24.8. The fraction of sp³-hybridized carbons (Fsp3) is 0.617. The molecule has 0 saturated heterocycles. The van der Waals surface area contributed by atoms with E-state index in [1.54, 1.807) is 54.5 Å². The van der Waals surface area contributed by atoms with Gasteiger partial charge >= 0.3 is 0 Å². The first-order valence-corrected chi connectivity index (χ1v) is 28.5. The Morgan fingerprint density at radius 2 is 0.541 bits per heavy atom. The van der Waals surface area contributed by atoms with Gasteiger partial charge in [0.1, 0.15) is 0 Å². The Morgan fingerprint density at radius 1 is 0.295 bits per heavy atom. The van der Waals surface area contributed by atoms with Gasteiger partial charge in [0, 0.05) is 5.54 Å². The molecule has 61 heavy (non-hydrogen) atoms. The van der Waals surface area contributed by atoms with Crippen LogP contribution in [-0.2, 0) is 38.5 Å². The number of unbranched alkanes of at least 4 members (excludes halogenated alkanes) is 18. The number of hydrogen-bond acceptors (Lipinski definition) is 0. The highest BCUT2D eigenvalue weighted by molar-refractivity contribution is 7.15. The molecule has 1 aliphatic carbocycles. The van der Waals surface area contributed by atoms with E-state index in [1.807, 2.05) is 0 Å². The van der Waals surface area contributed by atoms with Gasteiger partial charge < -0.3 is 0 Å². The van der Waals surface area contributed by atoms with Crippen LogP contribution in [0.5, 0.6) is 0 Å². The van der Waals surface area contributed by atoms with Crippen LogP contribution in [0, 0.1) is 5.54 Å². The molecule has 1 radical (unpaired) electrons. The molecule has 0 aromatic heterocycles. The lowest BCUT2D eigenvalue weighted by molar-refractivity contribution is 0.661. The summed E-state index contributed by atoms with van der Waals surface area (Å²) in [7, 11) is -2.79. The lowest BCUT2D eigenvalue weighted by atomic mass is 10.00. The first-order chi connectivity index (χ1) is 29.9. The second kappa shape index (κ2) is 29.7. The van der Waals surface area contributed by atoms with E-state index in [9.17, 15) is 0 Å². The Morgan fingerprint density at radius 3 is 0.738 bits per heavy atom. The van der Waals surface area contributed by atoms with Gasteiger partial charge in [0.15, 0.2) is 8.07 Å². The highest BCUT2D eigenvalue weighted by atomic mass is 28.3. The predicted octanol–water partition coefficient (Wildman–Crippen LogP) is 16.5. The largest absolute Gasteiger partial charge is 0.162 e. The van der Waals surface area contributed by atoms with Crippen molar-refractivity contribution in [1.29, 1.82) is 0 Å². The van der Waals surface area contributed by atoms with E-state index in [4.69, 9.17) is 0 Å². The average Bonchev–Trinajstić information content (AvgIpc) is 3.70. The van der Waals surface area contributed by atoms with Crippen LogP contribution < -0.4 is 15.6 Å². The number of benzene rings is 3. The zero-order chi connectivity index (χ0) is 43.5. The van der Waals surface area contributed by atoms with E-state index < -0.39 is 8.07 Å². The van der Waals surface area contributed by atoms with Crippen molar-refractivity contribution in [3.8, 4) is 0 Å². The van der Waals surface area contributed by atoms with E-state index in [-0.39, 0.29) is 0 Å². The molecule has 3 aromatic carbocycles. The average molecular weight is 842 g/mol. The second-order valence-electron chi connectivity index (χ2n) is 19.4. The molecular weight excluding hydrogens is 749 g/mol. The van der Waals surface area contributed by atoms with Crippen LogP contribution in [-0.4, -0.2) is 8.07 Å². The monoisotopic (exact) mass is 842 g/mol. The molecule has 0 saturated carbocycles. The van der Waals surface area contributed by atoms with Crippen molar-refractivity contribution in [2.24, 2.45) is 0 Å². The molecule has 0 aliphatic heterocycles. The highest BCUT2D eigenvalue weighted by Crippen LogP contribution is 2.32. The van der Waals surface area contributed by atoms with Crippen molar-refractivity contribution in [3.63, 3.8) is 0 Å². The molecule has 0 amide bonds. The van der Waals surface area contributed by atoms with Crippen LogP contribution >= 0.6 is 0 Å². The number of rotatable bonds is 34. The molecule has 0 nitrogen and oxygen atoms in total. The summed E-state index contributed by atoms with van der Waals surface area (Å²) in [6, 6.07) is 24.5. The van der Waals surface area contributed by atoms with Crippen LogP contribution in [0.15, 0.2) is 78.4 Å². The molecule has 0 spiro atoms. The summed E-state index contributed by atoms with van der Waals surface area (Å²) in [6.07, 6.45) is 46.4. The zero-order valence-electron chi connectivity index (χ0n) is 41.1. The fourth-order valence-corrected chi connectivity index (χ4v) is 15.3. The zero-order valence-corrected chi connectivity index (χ0v) is 42.1. The van der Waals surface area contributed by atoms with Crippen LogP contribution in [0.1, 0.15) is 236 Å². The Bertz CT molecular complexity index is 1440. The second-order valence-corrected chi connectivity index (χ2v) is 23.2. The van der Waals surface area contributed by atoms with Crippen molar-refractivity contribution in [2.75, 3.05) is 0 Å². The summed E-state index contributed by atoms with van der Waals surface area (Å²) in [5.41, 5.74) is 12.5. The highest BCUT2D eigenvalue weighted by Gasteiger charge is 2.47. The minimum absolute atomic E-state index is 1.20. The Labute approximate surface area is 380 Å². The molecule has 0 fully saturated rings. The first kappa shape index (κ1) is 51.0. The molecule has 4 rings (SSSR count).